The Bertz CT molecular complexity index is 1060. The summed E-state index contributed by atoms with van der Waals surface area (Å²) < 4.78 is 32.2. The number of fused-ring (bicyclic) bond motifs is 1. The number of esters is 1. The van der Waals surface area contributed by atoms with Crippen molar-refractivity contribution in [2.45, 2.75) is 61.7 Å². The van der Waals surface area contributed by atoms with Crippen LogP contribution < -0.4 is 10.8 Å². The molecule has 1 amide bonds. The standard InChI is InChI=1S/C22H33N3O6S3/c1-4-5-6-7-11-32-22-24-17-9-8-16(13-18(17)33-22)34(29,30)12-10-31-19(26)14-23-20(15(2)3)21(27)25-28/h8-9,13,15,20,23,28H,4-7,10-12,14H2,1-3H3,(H,25,27)/t20-/m1/s1. The summed E-state index contributed by atoms with van der Waals surface area (Å²) in [5.41, 5.74) is 2.31. The number of carbonyl (C=O) groups excluding carboxylic acids is 2. The molecular weight excluding hydrogens is 498 g/mol. The fourth-order valence-electron chi connectivity index (χ4n) is 3.16. The summed E-state index contributed by atoms with van der Waals surface area (Å²) in [6, 6.07) is 4.06. The second-order valence-electron chi connectivity index (χ2n) is 8.14. The molecule has 0 radical (unpaired) electrons. The number of amides is 1. The van der Waals surface area contributed by atoms with Gasteiger partial charge >= 0.3 is 5.97 Å². The molecular formula is C22H33N3O6S3. The maximum atomic E-state index is 12.7. The lowest BCUT2D eigenvalue weighted by molar-refractivity contribution is -0.142. The van der Waals surface area contributed by atoms with E-state index in [1.165, 1.54) is 36.7 Å². The number of nitrogens with one attached hydrogen (secondary N) is 2. The van der Waals surface area contributed by atoms with Crippen LogP contribution >= 0.6 is 23.1 Å². The van der Waals surface area contributed by atoms with E-state index in [0.717, 1.165) is 26.7 Å². The van der Waals surface area contributed by atoms with E-state index in [1.54, 1.807) is 43.2 Å². The van der Waals surface area contributed by atoms with Crippen molar-refractivity contribution >= 4 is 55.0 Å². The van der Waals surface area contributed by atoms with E-state index in [-0.39, 0.29) is 29.7 Å². The predicted molar refractivity (Wildman–Crippen MR) is 134 cm³/mol. The zero-order valence-electron chi connectivity index (χ0n) is 19.7. The molecule has 1 atom stereocenters. The van der Waals surface area contributed by atoms with E-state index in [2.05, 4.69) is 17.2 Å². The van der Waals surface area contributed by atoms with Gasteiger partial charge in [0.2, 0.25) is 0 Å². The number of sulfone groups is 1. The highest BCUT2D eigenvalue weighted by Gasteiger charge is 2.23. The molecule has 9 nitrogen and oxygen atoms in total. The Kier molecular flexibility index (Phi) is 11.7. The Balaban J connectivity index is 1.87. The molecule has 0 aliphatic heterocycles. The van der Waals surface area contributed by atoms with Crippen LogP contribution in [-0.4, -0.2) is 61.2 Å². The van der Waals surface area contributed by atoms with Gasteiger partial charge in [0.25, 0.3) is 5.91 Å². The summed E-state index contributed by atoms with van der Waals surface area (Å²) in [5.74, 6) is -0.894. The molecule has 12 heteroatoms. The maximum Gasteiger partial charge on any atom is 0.319 e. The number of benzene rings is 1. The second-order valence-corrected chi connectivity index (χ2v) is 12.6. The van der Waals surface area contributed by atoms with Crippen LogP contribution in [0.3, 0.4) is 0 Å². The van der Waals surface area contributed by atoms with E-state index >= 15 is 0 Å². The van der Waals surface area contributed by atoms with Crippen LogP contribution in [0.1, 0.15) is 46.5 Å². The number of rotatable bonds is 15. The lowest BCUT2D eigenvalue weighted by Crippen LogP contribution is -2.48. The minimum atomic E-state index is -3.65. The van der Waals surface area contributed by atoms with E-state index in [1.807, 2.05) is 0 Å². The normalized spacial score (nSPS) is 12.7. The zero-order chi connectivity index (χ0) is 25.1. The molecule has 34 heavy (non-hydrogen) atoms. The third-order valence-electron chi connectivity index (χ3n) is 5.06. The van der Waals surface area contributed by atoms with Crippen molar-refractivity contribution < 1.29 is 28.0 Å². The lowest BCUT2D eigenvalue weighted by Gasteiger charge is -2.19. The number of thioether (sulfide) groups is 1. The van der Waals surface area contributed by atoms with E-state index in [4.69, 9.17) is 9.94 Å². The Morgan fingerprint density at radius 2 is 2.00 bits per heavy atom. The van der Waals surface area contributed by atoms with Gasteiger partial charge in [-0.05, 0) is 30.5 Å². The van der Waals surface area contributed by atoms with E-state index in [9.17, 15) is 18.0 Å². The smallest absolute Gasteiger partial charge is 0.319 e. The van der Waals surface area contributed by atoms with Crippen LogP contribution in [0.5, 0.6) is 0 Å². The first kappa shape index (κ1) is 28.5. The van der Waals surface area contributed by atoms with Crippen molar-refractivity contribution in [1.82, 2.24) is 15.8 Å². The third kappa shape index (κ3) is 8.81. The summed E-state index contributed by atoms with van der Waals surface area (Å²) in [6.45, 7) is 5.08. The number of hydrogen-bond acceptors (Lipinski definition) is 10. The van der Waals surface area contributed by atoms with Crippen LogP contribution in [0.2, 0.25) is 0 Å². The SMILES string of the molecule is CCCCCCSc1nc2ccc(S(=O)(=O)CCOC(=O)CN[C@@H](C(=O)NO)C(C)C)cc2s1. The average molecular weight is 532 g/mol. The second kappa shape index (κ2) is 14.0. The van der Waals surface area contributed by atoms with Crippen molar-refractivity contribution in [1.29, 1.82) is 0 Å². The highest BCUT2D eigenvalue weighted by Crippen LogP contribution is 2.31. The fourth-order valence-corrected chi connectivity index (χ4v) is 6.52. The average Bonchev–Trinajstić information content (AvgIpc) is 3.20. The molecule has 0 aliphatic carbocycles. The molecule has 0 saturated carbocycles. The predicted octanol–water partition coefficient (Wildman–Crippen LogP) is 3.41. The zero-order valence-corrected chi connectivity index (χ0v) is 22.2. The van der Waals surface area contributed by atoms with Crippen LogP contribution in [-0.2, 0) is 24.2 Å². The molecule has 190 valence electrons. The van der Waals surface area contributed by atoms with Gasteiger partial charge in [0, 0.05) is 5.75 Å². The topological polar surface area (TPSA) is 135 Å². The number of hydroxylamine groups is 1. The first-order valence-electron chi connectivity index (χ1n) is 11.3. The lowest BCUT2D eigenvalue weighted by atomic mass is 10.0. The van der Waals surface area contributed by atoms with Gasteiger partial charge in [0.15, 0.2) is 14.2 Å². The van der Waals surface area contributed by atoms with Gasteiger partial charge in [-0.25, -0.2) is 18.9 Å². The van der Waals surface area contributed by atoms with Gasteiger partial charge in [0.05, 0.1) is 33.5 Å². The number of nitrogens with zero attached hydrogens (tertiary/aromatic N) is 1. The quantitative estimate of drug-likeness (QED) is 0.104. The molecule has 0 aliphatic rings. The maximum absolute atomic E-state index is 12.7. The minimum Gasteiger partial charge on any atom is -0.464 e. The highest BCUT2D eigenvalue weighted by atomic mass is 32.2. The van der Waals surface area contributed by atoms with Crippen molar-refractivity contribution in [3.8, 4) is 0 Å². The van der Waals surface area contributed by atoms with E-state index in [0.29, 0.717) is 0 Å². The Hall–Kier alpha value is -1.73. The molecule has 2 aromatic rings. The van der Waals surface area contributed by atoms with Crippen LogP contribution in [0, 0.1) is 5.92 Å². The fraction of sp³-hybridized carbons (Fsp3) is 0.591. The molecule has 0 fully saturated rings. The minimum absolute atomic E-state index is 0.164. The summed E-state index contributed by atoms with van der Waals surface area (Å²) in [5, 5.41) is 11.5. The molecule has 3 N–H and O–H groups in total. The summed E-state index contributed by atoms with van der Waals surface area (Å²) in [6.07, 6.45) is 4.76. The number of thiazole rings is 1. The number of hydrogen-bond donors (Lipinski definition) is 3. The summed E-state index contributed by atoms with van der Waals surface area (Å²) in [4.78, 5) is 28.3. The molecule has 0 saturated heterocycles. The number of ether oxygens (including phenoxy) is 1. The Morgan fingerprint density at radius 1 is 1.24 bits per heavy atom. The van der Waals surface area contributed by atoms with Crippen molar-refractivity contribution in [2.24, 2.45) is 5.92 Å². The Morgan fingerprint density at radius 3 is 2.68 bits per heavy atom. The summed E-state index contributed by atoms with van der Waals surface area (Å²) >= 11 is 3.17. The van der Waals surface area contributed by atoms with Gasteiger partial charge in [-0.15, -0.1) is 11.3 Å². The van der Waals surface area contributed by atoms with Crippen LogP contribution in [0.25, 0.3) is 10.2 Å². The van der Waals surface area contributed by atoms with Crippen molar-refractivity contribution in [3.63, 3.8) is 0 Å². The molecule has 2 rings (SSSR count). The van der Waals surface area contributed by atoms with Gasteiger partial charge < -0.3 is 4.74 Å². The number of unbranched alkanes of at least 4 members (excludes halogenated alkanes) is 3. The first-order chi connectivity index (χ1) is 16.2. The molecule has 0 spiro atoms. The van der Waals surface area contributed by atoms with Crippen LogP contribution in [0.4, 0.5) is 0 Å². The molecule has 0 unspecified atom stereocenters. The third-order valence-corrected chi connectivity index (χ3v) is 8.99. The Labute approximate surface area is 208 Å². The highest BCUT2D eigenvalue weighted by molar-refractivity contribution is 8.01. The van der Waals surface area contributed by atoms with Gasteiger partial charge in [-0.3, -0.25) is 20.1 Å². The monoisotopic (exact) mass is 531 g/mol. The largest absolute Gasteiger partial charge is 0.464 e. The van der Waals surface area contributed by atoms with Gasteiger partial charge in [-0.2, -0.15) is 0 Å². The first-order valence-corrected chi connectivity index (χ1v) is 14.7. The molecule has 1 aromatic carbocycles. The summed E-state index contributed by atoms with van der Waals surface area (Å²) in [7, 11) is -3.65. The van der Waals surface area contributed by atoms with Gasteiger partial charge in [-0.1, -0.05) is 51.8 Å². The van der Waals surface area contributed by atoms with Crippen molar-refractivity contribution in [3.05, 3.63) is 18.2 Å². The molecule has 0 bridgehead atoms. The van der Waals surface area contributed by atoms with Crippen molar-refractivity contribution in [2.75, 3.05) is 24.7 Å². The molecule has 1 heterocycles. The van der Waals surface area contributed by atoms with Crippen LogP contribution in [0.15, 0.2) is 27.4 Å². The number of carbonyl (C=O) groups is 2. The van der Waals surface area contributed by atoms with Gasteiger partial charge in [0.1, 0.15) is 6.61 Å². The number of aromatic nitrogens is 1. The molecule has 1 aromatic heterocycles. The van der Waals surface area contributed by atoms with E-state index < -0.39 is 27.8 Å².